The second-order valence-electron chi connectivity index (χ2n) is 13.3. The largest absolute Gasteiger partial charge is 0.462 e. The lowest BCUT2D eigenvalue weighted by Crippen LogP contribution is -2.28. The van der Waals surface area contributed by atoms with Crippen LogP contribution in [0.1, 0.15) is 181 Å². The maximum absolute atomic E-state index is 12.2. The molecule has 0 aliphatic heterocycles. The van der Waals surface area contributed by atoms with Crippen molar-refractivity contribution in [3.63, 3.8) is 0 Å². The zero-order valence-corrected chi connectivity index (χ0v) is 32.4. The van der Waals surface area contributed by atoms with Crippen molar-refractivity contribution in [2.75, 3.05) is 13.2 Å². The van der Waals surface area contributed by atoms with E-state index in [1.165, 1.54) is 89.9 Å². The number of rotatable bonds is 36. The molecule has 50 heavy (non-hydrogen) atoms. The third-order valence-corrected chi connectivity index (χ3v) is 8.53. The predicted octanol–water partition coefficient (Wildman–Crippen LogP) is 13.0. The lowest BCUT2D eigenvalue weighted by molar-refractivity contribution is -0.161. The first-order valence-corrected chi connectivity index (χ1v) is 20.5. The molecule has 0 aromatic carbocycles. The normalized spacial score (nSPS) is 12.9. The molecular weight excluding hydrogens is 620 g/mol. The molecule has 0 aliphatic rings. The highest BCUT2D eigenvalue weighted by molar-refractivity contribution is 5.70. The maximum Gasteiger partial charge on any atom is 0.306 e. The SMILES string of the molecule is CCC=CCC=CCC=CCC=CCC=CCC=CCCC(=O)OC[C@H](CO)OC(=O)CCCCCCCCCCCCCCCCCCC. The molecule has 0 saturated heterocycles. The van der Waals surface area contributed by atoms with Crippen LogP contribution in [0.5, 0.6) is 0 Å². The predicted molar refractivity (Wildman–Crippen MR) is 214 cm³/mol. The fourth-order valence-electron chi connectivity index (χ4n) is 5.46. The van der Waals surface area contributed by atoms with Crippen molar-refractivity contribution in [1.82, 2.24) is 0 Å². The molecule has 0 radical (unpaired) electrons. The van der Waals surface area contributed by atoms with Crippen LogP contribution >= 0.6 is 0 Å². The van der Waals surface area contributed by atoms with E-state index < -0.39 is 6.10 Å². The molecule has 0 aromatic rings. The highest BCUT2D eigenvalue weighted by atomic mass is 16.6. The molecule has 0 rings (SSSR count). The Labute approximate surface area is 308 Å². The van der Waals surface area contributed by atoms with E-state index in [2.05, 4.69) is 74.6 Å². The Bertz CT molecular complexity index is 926. The van der Waals surface area contributed by atoms with Crippen molar-refractivity contribution in [2.45, 2.75) is 187 Å². The summed E-state index contributed by atoms with van der Waals surface area (Å²) in [5.41, 5.74) is 0. The Morgan fingerprint density at radius 3 is 1.26 bits per heavy atom. The number of aliphatic hydroxyl groups is 1. The summed E-state index contributed by atoms with van der Waals surface area (Å²) in [6.07, 6.45) is 54.0. The fraction of sp³-hybridized carbons (Fsp3) is 0.689. The van der Waals surface area contributed by atoms with Crippen LogP contribution in [-0.2, 0) is 19.1 Å². The van der Waals surface area contributed by atoms with Crippen molar-refractivity contribution in [3.8, 4) is 0 Å². The highest BCUT2D eigenvalue weighted by Gasteiger charge is 2.15. The molecule has 5 nitrogen and oxygen atoms in total. The van der Waals surface area contributed by atoms with Crippen molar-refractivity contribution >= 4 is 11.9 Å². The highest BCUT2D eigenvalue weighted by Crippen LogP contribution is 2.14. The number of hydrogen-bond donors (Lipinski definition) is 1. The van der Waals surface area contributed by atoms with Crippen molar-refractivity contribution in [2.24, 2.45) is 0 Å². The second-order valence-corrected chi connectivity index (χ2v) is 13.3. The minimum absolute atomic E-state index is 0.107. The van der Waals surface area contributed by atoms with Gasteiger partial charge in [0.05, 0.1) is 6.61 Å². The number of carbonyl (C=O) groups is 2. The van der Waals surface area contributed by atoms with Gasteiger partial charge in [-0.25, -0.2) is 0 Å². The van der Waals surface area contributed by atoms with Gasteiger partial charge >= 0.3 is 11.9 Å². The van der Waals surface area contributed by atoms with Crippen LogP contribution in [0.25, 0.3) is 0 Å². The first-order chi connectivity index (χ1) is 24.6. The maximum atomic E-state index is 12.2. The second kappa shape index (κ2) is 40.8. The smallest absolute Gasteiger partial charge is 0.306 e. The van der Waals surface area contributed by atoms with Crippen LogP contribution in [0.3, 0.4) is 0 Å². The molecular formula is C45H76O5. The molecule has 0 saturated carbocycles. The quantitative estimate of drug-likeness (QED) is 0.0401. The van der Waals surface area contributed by atoms with Gasteiger partial charge in [0.15, 0.2) is 6.10 Å². The van der Waals surface area contributed by atoms with Gasteiger partial charge in [0.25, 0.3) is 0 Å². The summed E-state index contributed by atoms with van der Waals surface area (Å²) < 4.78 is 10.6. The van der Waals surface area contributed by atoms with Gasteiger partial charge in [0.2, 0.25) is 0 Å². The Morgan fingerprint density at radius 1 is 0.480 bits per heavy atom. The van der Waals surface area contributed by atoms with Crippen LogP contribution < -0.4 is 0 Å². The summed E-state index contributed by atoms with van der Waals surface area (Å²) in [6, 6.07) is 0. The number of esters is 2. The molecule has 1 N–H and O–H groups in total. The average Bonchev–Trinajstić information content (AvgIpc) is 3.12. The number of carbonyl (C=O) groups excluding carboxylic acids is 2. The summed E-state index contributed by atoms with van der Waals surface area (Å²) in [4.78, 5) is 24.2. The Morgan fingerprint density at radius 2 is 0.860 bits per heavy atom. The van der Waals surface area contributed by atoms with E-state index in [1.54, 1.807) is 0 Å². The van der Waals surface area contributed by atoms with E-state index in [0.717, 1.165) is 57.8 Å². The molecule has 5 heteroatoms. The number of ether oxygens (including phenoxy) is 2. The number of unbranched alkanes of at least 4 members (excludes halogenated alkanes) is 16. The van der Waals surface area contributed by atoms with E-state index in [9.17, 15) is 14.7 Å². The van der Waals surface area contributed by atoms with E-state index in [-0.39, 0.29) is 31.6 Å². The van der Waals surface area contributed by atoms with Gasteiger partial charge in [0, 0.05) is 12.8 Å². The third kappa shape index (κ3) is 38.1. The van der Waals surface area contributed by atoms with E-state index in [4.69, 9.17) is 9.47 Å². The van der Waals surface area contributed by atoms with Gasteiger partial charge in [-0.3, -0.25) is 9.59 Å². The van der Waals surface area contributed by atoms with Gasteiger partial charge in [-0.2, -0.15) is 0 Å². The zero-order valence-electron chi connectivity index (χ0n) is 32.4. The van der Waals surface area contributed by atoms with E-state index in [1.807, 2.05) is 12.2 Å². The summed E-state index contributed by atoms with van der Waals surface area (Å²) in [7, 11) is 0. The van der Waals surface area contributed by atoms with Gasteiger partial charge < -0.3 is 14.6 Å². The molecule has 0 fully saturated rings. The van der Waals surface area contributed by atoms with Gasteiger partial charge in [-0.15, -0.1) is 0 Å². The number of allylic oxidation sites excluding steroid dienone is 12. The molecule has 0 unspecified atom stereocenters. The molecule has 286 valence electrons. The molecule has 1 atom stereocenters. The van der Waals surface area contributed by atoms with E-state index >= 15 is 0 Å². The Kier molecular flexibility index (Phi) is 38.6. The minimum atomic E-state index is -0.803. The van der Waals surface area contributed by atoms with Crippen LogP contribution in [0, 0.1) is 0 Å². The molecule has 0 aliphatic carbocycles. The van der Waals surface area contributed by atoms with Gasteiger partial charge in [-0.05, 0) is 51.4 Å². The molecule has 0 bridgehead atoms. The number of aliphatic hydroxyl groups excluding tert-OH is 1. The first-order valence-electron chi connectivity index (χ1n) is 20.5. The Hall–Kier alpha value is -2.66. The first kappa shape index (κ1) is 47.3. The zero-order chi connectivity index (χ0) is 36.4. The Balaban J connectivity index is 3.68. The van der Waals surface area contributed by atoms with Gasteiger partial charge in [-0.1, -0.05) is 189 Å². The van der Waals surface area contributed by atoms with Gasteiger partial charge in [0.1, 0.15) is 6.61 Å². The van der Waals surface area contributed by atoms with E-state index in [0.29, 0.717) is 12.8 Å². The summed E-state index contributed by atoms with van der Waals surface area (Å²) in [5, 5.41) is 9.56. The van der Waals surface area contributed by atoms with Crippen molar-refractivity contribution in [1.29, 1.82) is 0 Å². The summed E-state index contributed by atoms with van der Waals surface area (Å²) >= 11 is 0. The monoisotopic (exact) mass is 697 g/mol. The molecule has 0 spiro atoms. The lowest BCUT2D eigenvalue weighted by atomic mass is 10.0. The minimum Gasteiger partial charge on any atom is -0.462 e. The summed E-state index contributed by atoms with van der Waals surface area (Å²) in [6.45, 7) is 3.96. The van der Waals surface area contributed by atoms with Crippen molar-refractivity contribution < 1.29 is 24.2 Å². The third-order valence-electron chi connectivity index (χ3n) is 8.53. The van der Waals surface area contributed by atoms with Crippen LogP contribution in [-0.4, -0.2) is 36.4 Å². The van der Waals surface area contributed by atoms with Crippen LogP contribution in [0.15, 0.2) is 72.9 Å². The van der Waals surface area contributed by atoms with Crippen molar-refractivity contribution in [3.05, 3.63) is 72.9 Å². The lowest BCUT2D eigenvalue weighted by Gasteiger charge is -2.15. The molecule has 0 heterocycles. The van der Waals surface area contributed by atoms with Crippen LogP contribution in [0.2, 0.25) is 0 Å². The average molecular weight is 697 g/mol. The standard InChI is InChI=1S/C45H76O5/c1-3-5-7-9-11-13-15-17-19-21-22-24-25-27-29-31-33-35-37-39-44(47)49-42-43(41-46)50-45(48)40-38-36-34-32-30-28-26-23-20-18-16-14-12-10-8-6-4-2/h5,7,11,13,17,19,22,24,27,29,33,35,43,46H,3-4,6,8-10,12,14-16,18,20-21,23,25-26,28,30-32,34,36-42H2,1-2H3/t43-/m0/s1. The molecule has 0 amide bonds. The number of hydrogen-bond acceptors (Lipinski definition) is 5. The topological polar surface area (TPSA) is 72.8 Å². The molecule has 0 aromatic heterocycles. The van der Waals surface area contributed by atoms with Crippen LogP contribution in [0.4, 0.5) is 0 Å². The summed E-state index contributed by atoms with van der Waals surface area (Å²) in [5.74, 6) is -0.689. The fourth-order valence-corrected chi connectivity index (χ4v) is 5.46.